The first-order valence-electron chi connectivity index (χ1n) is 4.50. The number of hydrogen-bond donors (Lipinski definition) is 1. The second-order valence-corrected chi connectivity index (χ2v) is 3.93. The lowest BCUT2D eigenvalue weighted by molar-refractivity contribution is 0.102. The van der Waals surface area contributed by atoms with E-state index in [-0.39, 0.29) is 16.9 Å². The van der Waals surface area contributed by atoms with E-state index in [1.807, 2.05) is 6.92 Å². The molecule has 0 spiro atoms. The molecule has 1 aromatic heterocycles. The fourth-order valence-corrected chi connectivity index (χ4v) is 2.01. The lowest BCUT2D eigenvalue weighted by Crippen LogP contribution is -2.00. The fourth-order valence-electron chi connectivity index (χ4n) is 1.73. The van der Waals surface area contributed by atoms with E-state index >= 15 is 0 Å². The van der Waals surface area contributed by atoms with Crippen molar-refractivity contribution in [2.24, 2.45) is 0 Å². The van der Waals surface area contributed by atoms with Gasteiger partial charge in [-0.1, -0.05) is 15.9 Å². The molecule has 0 saturated heterocycles. The number of Topliss-reactive ketones (excluding diaryl/α,β-unsaturated/α-hetero) is 1. The molecule has 0 aliphatic heterocycles. The standard InChI is InChI=1S/C11H9BrFNO/c1-6-11(10(15)5-12)8-3-2-7(13)4-9(8)14-6/h2-4,14H,5H2,1H3. The molecular formula is C11H9BrFNO. The predicted molar refractivity (Wildman–Crippen MR) is 61.1 cm³/mol. The van der Waals surface area contributed by atoms with Gasteiger partial charge in [0.25, 0.3) is 0 Å². The third-order valence-electron chi connectivity index (χ3n) is 2.35. The molecule has 1 heterocycles. The zero-order valence-corrected chi connectivity index (χ0v) is 9.69. The highest BCUT2D eigenvalue weighted by Crippen LogP contribution is 2.23. The van der Waals surface area contributed by atoms with Crippen molar-refractivity contribution < 1.29 is 9.18 Å². The summed E-state index contributed by atoms with van der Waals surface area (Å²) in [7, 11) is 0. The van der Waals surface area contributed by atoms with Crippen molar-refractivity contribution in [3.8, 4) is 0 Å². The molecule has 78 valence electrons. The molecule has 0 unspecified atom stereocenters. The maximum absolute atomic E-state index is 12.9. The Morgan fingerprint density at radius 2 is 2.27 bits per heavy atom. The Balaban J connectivity index is 2.73. The van der Waals surface area contributed by atoms with Gasteiger partial charge in [-0.3, -0.25) is 4.79 Å². The smallest absolute Gasteiger partial charge is 0.175 e. The van der Waals surface area contributed by atoms with E-state index in [0.29, 0.717) is 11.1 Å². The van der Waals surface area contributed by atoms with Crippen LogP contribution in [0, 0.1) is 12.7 Å². The predicted octanol–water partition coefficient (Wildman–Crippen LogP) is 3.19. The van der Waals surface area contributed by atoms with Crippen LogP contribution in [0.15, 0.2) is 18.2 Å². The van der Waals surface area contributed by atoms with E-state index in [9.17, 15) is 9.18 Å². The third-order valence-corrected chi connectivity index (χ3v) is 2.86. The van der Waals surface area contributed by atoms with Crippen molar-refractivity contribution in [1.29, 1.82) is 0 Å². The number of halogens is 2. The number of alkyl halides is 1. The number of ketones is 1. The van der Waals surface area contributed by atoms with Crippen LogP contribution in [0.5, 0.6) is 0 Å². The maximum atomic E-state index is 12.9. The average molecular weight is 270 g/mol. The van der Waals surface area contributed by atoms with Crippen LogP contribution in [0.3, 0.4) is 0 Å². The Hall–Kier alpha value is -1.16. The molecular weight excluding hydrogens is 261 g/mol. The lowest BCUT2D eigenvalue weighted by Gasteiger charge is -1.96. The Labute approximate surface area is 94.6 Å². The number of H-pyrrole nitrogens is 1. The molecule has 1 aromatic carbocycles. The van der Waals surface area contributed by atoms with E-state index < -0.39 is 0 Å². The number of hydrogen-bond acceptors (Lipinski definition) is 1. The van der Waals surface area contributed by atoms with Gasteiger partial charge in [0, 0.05) is 22.2 Å². The summed E-state index contributed by atoms with van der Waals surface area (Å²) in [5, 5.41) is 1.05. The number of rotatable bonds is 2. The van der Waals surface area contributed by atoms with Crippen molar-refractivity contribution in [2.45, 2.75) is 6.92 Å². The van der Waals surface area contributed by atoms with Gasteiger partial charge in [-0.2, -0.15) is 0 Å². The van der Waals surface area contributed by atoms with Gasteiger partial charge in [-0.05, 0) is 25.1 Å². The summed E-state index contributed by atoms with van der Waals surface area (Å²) >= 11 is 3.13. The van der Waals surface area contributed by atoms with Gasteiger partial charge in [-0.25, -0.2) is 4.39 Å². The molecule has 2 aromatic rings. The van der Waals surface area contributed by atoms with E-state index in [1.54, 1.807) is 6.07 Å². The van der Waals surface area contributed by atoms with E-state index in [1.165, 1.54) is 12.1 Å². The molecule has 0 bridgehead atoms. The van der Waals surface area contributed by atoms with Crippen LogP contribution in [0.4, 0.5) is 4.39 Å². The summed E-state index contributed by atoms with van der Waals surface area (Å²) in [6.45, 7) is 1.81. The number of carbonyl (C=O) groups excluding carboxylic acids is 1. The van der Waals surface area contributed by atoms with Crippen LogP contribution >= 0.6 is 15.9 Å². The Morgan fingerprint density at radius 1 is 1.53 bits per heavy atom. The molecule has 0 radical (unpaired) electrons. The maximum Gasteiger partial charge on any atom is 0.175 e. The summed E-state index contributed by atoms with van der Waals surface area (Å²) in [6.07, 6.45) is 0. The molecule has 2 rings (SSSR count). The first-order valence-corrected chi connectivity index (χ1v) is 5.62. The molecule has 15 heavy (non-hydrogen) atoms. The van der Waals surface area contributed by atoms with Gasteiger partial charge in [0.05, 0.1) is 5.33 Å². The minimum absolute atomic E-state index is 0.00496. The number of fused-ring (bicyclic) bond motifs is 1. The number of carbonyl (C=O) groups is 1. The largest absolute Gasteiger partial charge is 0.358 e. The minimum atomic E-state index is -0.304. The van der Waals surface area contributed by atoms with Crippen molar-refractivity contribution in [3.63, 3.8) is 0 Å². The molecule has 0 aliphatic rings. The molecule has 0 atom stereocenters. The monoisotopic (exact) mass is 269 g/mol. The van der Waals surface area contributed by atoms with E-state index in [2.05, 4.69) is 20.9 Å². The van der Waals surface area contributed by atoms with E-state index in [0.717, 1.165) is 11.1 Å². The lowest BCUT2D eigenvalue weighted by atomic mass is 10.1. The number of aromatic nitrogens is 1. The van der Waals surface area contributed by atoms with Gasteiger partial charge in [0.15, 0.2) is 5.78 Å². The SMILES string of the molecule is Cc1[nH]c2cc(F)ccc2c1C(=O)CBr. The van der Waals surface area contributed by atoms with E-state index in [4.69, 9.17) is 0 Å². The molecule has 4 heteroatoms. The normalized spacial score (nSPS) is 10.9. The summed E-state index contributed by atoms with van der Waals surface area (Å²) in [6, 6.07) is 4.39. The highest BCUT2D eigenvalue weighted by Gasteiger charge is 2.14. The van der Waals surface area contributed by atoms with Crippen molar-refractivity contribution in [3.05, 3.63) is 35.3 Å². The van der Waals surface area contributed by atoms with Crippen molar-refractivity contribution in [2.75, 3.05) is 5.33 Å². The first kappa shape index (κ1) is 10.4. The van der Waals surface area contributed by atoms with Crippen LogP contribution in [0.2, 0.25) is 0 Å². The average Bonchev–Trinajstić information content (AvgIpc) is 2.52. The van der Waals surface area contributed by atoms with Gasteiger partial charge < -0.3 is 4.98 Å². The minimum Gasteiger partial charge on any atom is -0.358 e. The quantitative estimate of drug-likeness (QED) is 0.659. The number of benzene rings is 1. The summed E-state index contributed by atoms with van der Waals surface area (Å²) in [5.41, 5.74) is 2.08. The van der Waals surface area contributed by atoms with Crippen molar-refractivity contribution >= 4 is 32.6 Å². The van der Waals surface area contributed by atoms with Crippen LogP contribution in [-0.4, -0.2) is 16.1 Å². The topological polar surface area (TPSA) is 32.9 Å². The number of aromatic amines is 1. The molecule has 0 amide bonds. The molecule has 2 nitrogen and oxygen atoms in total. The zero-order chi connectivity index (χ0) is 11.0. The fraction of sp³-hybridized carbons (Fsp3) is 0.182. The summed E-state index contributed by atoms with van der Waals surface area (Å²) in [5.74, 6) is -0.299. The number of aryl methyl sites for hydroxylation is 1. The Bertz CT molecular complexity index is 533. The summed E-state index contributed by atoms with van der Waals surface area (Å²) < 4.78 is 12.9. The summed E-state index contributed by atoms with van der Waals surface area (Å²) in [4.78, 5) is 14.6. The van der Waals surface area contributed by atoms with Gasteiger partial charge in [0.1, 0.15) is 5.82 Å². The Morgan fingerprint density at radius 3 is 2.93 bits per heavy atom. The van der Waals surface area contributed by atoms with Crippen LogP contribution in [0.25, 0.3) is 10.9 Å². The van der Waals surface area contributed by atoms with Gasteiger partial charge in [-0.15, -0.1) is 0 Å². The molecule has 1 N–H and O–H groups in total. The van der Waals surface area contributed by atoms with Gasteiger partial charge in [0.2, 0.25) is 0 Å². The second-order valence-electron chi connectivity index (χ2n) is 3.37. The van der Waals surface area contributed by atoms with Crippen molar-refractivity contribution in [1.82, 2.24) is 4.98 Å². The first-order chi connectivity index (χ1) is 7.13. The molecule has 0 saturated carbocycles. The number of nitrogens with one attached hydrogen (secondary N) is 1. The second kappa shape index (κ2) is 3.77. The zero-order valence-electron chi connectivity index (χ0n) is 8.10. The molecule has 0 aliphatic carbocycles. The third kappa shape index (κ3) is 1.69. The van der Waals surface area contributed by atoms with Crippen LogP contribution in [0.1, 0.15) is 16.1 Å². The van der Waals surface area contributed by atoms with Crippen LogP contribution in [-0.2, 0) is 0 Å². The molecule has 0 fully saturated rings. The van der Waals surface area contributed by atoms with Gasteiger partial charge >= 0.3 is 0 Å². The highest BCUT2D eigenvalue weighted by molar-refractivity contribution is 9.09. The highest BCUT2D eigenvalue weighted by atomic mass is 79.9. The van der Waals surface area contributed by atoms with Crippen LogP contribution < -0.4 is 0 Å². The Kier molecular flexibility index (Phi) is 2.61.